The number of carbonyl (C=O) groups is 4. The molecule has 1 fully saturated rings. The zero-order valence-corrected chi connectivity index (χ0v) is 15.4. The Morgan fingerprint density at radius 3 is 2.64 bits per heavy atom. The number of nitrogens with zero attached hydrogens (tertiary/aromatic N) is 2. The fourth-order valence-electron chi connectivity index (χ4n) is 3.13. The second kappa shape index (κ2) is 8.55. The average Bonchev–Trinajstić information content (AvgIpc) is 3.09. The van der Waals surface area contributed by atoms with Crippen molar-refractivity contribution in [2.75, 3.05) is 13.1 Å². The van der Waals surface area contributed by atoms with E-state index in [0.717, 1.165) is 0 Å². The van der Waals surface area contributed by atoms with Crippen molar-refractivity contribution in [3.63, 3.8) is 0 Å². The Kier molecular flexibility index (Phi) is 5.93. The molecular weight excluding hydrogens is 362 g/mol. The summed E-state index contributed by atoms with van der Waals surface area (Å²) in [5.41, 5.74) is 1.85. The standard InChI is InChI=1S/C19H21N5O4/c1-11-17(24-15-5-3-2-4-14(15)22-11)19(28)21-9-16(26)23-13(10-25)8-12-6-7-20-18(12)27/h2-5,10,12-13H,6-9H2,1H3,(H,20,27)(H,21,28)(H,23,26)/t12-,13-/m0/s1. The van der Waals surface area contributed by atoms with Crippen LogP contribution in [-0.4, -0.2) is 53.1 Å². The van der Waals surface area contributed by atoms with E-state index in [1.165, 1.54) is 0 Å². The van der Waals surface area contributed by atoms with Crippen molar-refractivity contribution in [2.45, 2.75) is 25.8 Å². The van der Waals surface area contributed by atoms with Crippen LogP contribution in [0, 0.1) is 12.8 Å². The molecule has 0 radical (unpaired) electrons. The summed E-state index contributed by atoms with van der Waals surface area (Å²) >= 11 is 0. The smallest absolute Gasteiger partial charge is 0.272 e. The zero-order valence-electron chi connectivity index (χ0n) is 15.4. The number of aromatic nitrogens is 2. The molecule has 1 aromatic carbocycles. The third-order valence-corrected chi connectivity index (χ3v) is 4.58. The van der Waals surface area contributed by atoms with Crippen LogP contribution in [0.5, 0.6) is 0 Å². The zero-order chi connectivity index (χ0) is 20.1. The van der Waals surface area contributed by atoms with Crippen LogP contribution in [0.15, 0.2) is 24.3 Å². The van der Waals surface area contributed by atoms with Crippen LogP contribution in [0.3, 0.4) is 0 Å². The van der Waals surface area contributed by atoms with Crippen LogP contribution < -0.4 is 16.0 Å². The molecule has 3 rings (SSSR count). The quantitative estimate of drug-likeness (QED) is 0.572. The molecule has 1 aromatic heterocycles. The lowest BCUT2D eigenvalue weighted by Gasteiger charge is -2.15. The van der Waals surface area contributed by atoms with Crippen LogP contribution >= 0.6 is 0 Å². The van der Waals surface area contributed by atoms with E-state index in [-0.39, 0.29) is 30.5 Å². The van der Waals surface area contributed by atoms with E-state index >= 15 is 0 Å². The topological polar surface area (TPSA) is 130 Å². The lowest BCUT2D eigenvalue weighted by Crippen LogP contribution is -2.44. The molecule has 1 saturated heterocycles. The highest BCUT2D eigenvalue weighted by molar-refractivity contribution is 5.97. The number of hydrogen-bond donors (Lipinski definition) is 3. The summed E-state index contributed by atoms with van der Waals surface area (Å²) < 4.78 is 0. The van der Waals surface area contributed by atoms with Crippen molar-refractivity contribution < 1.29 is 19.2 Å². The molecular formula is C19H21N5O4. The van der Waals surface area contributed by atoms with Gasteiger partial charge in [-0.25, -0.2) is 9.97 Å². The van der Waals surface area contributed by atoms with Crippen LogP contribution in [0.2, 0.25) is 0 Å². The number of benzene rings is 1. The maximum atomic E-state index is 12.4. The van der Waals surface area contributed by atoms with Crippen molar-refractivity contribution in [1.29, 1.82) is 0 Å². The Labute approximate surface area is 161 Å². The predicted molar refractivity (Wildman–Crippen MR) is 100 cm³/mol. The highest BCUT2D eigenvalue weighted by Crippen LogP contribution is 2.15. The predicted octanol–water partition coefficient (Wildman–Crippen LogP) is -0.122. The number of nitrogens with one attached hydrogen (secondary N) is 3. The fourth-order valence-corrected chi connectivity index (χ4v) is 3.13. The van der Waals surface area contributed by atoms with Gasteiger partial charge in [-0.15, -0.1) is 0 Å². The molecule has 146 valence electrons. The van der Waals surface area contributed by atoms with E-state index in [1.807, 2.05) is 6.07 Å². The third kappa shape index (κ3) is 4.48. The van der Waals surface area contributed by atoms with Gasteiger partial charge < -0.3 is 20.7 Å². The highest BCUT2D eigenvalue weighted by Gasteiger charge is 2.27. The minimum atomic E-state index is -0.777. The summed E-state index contributed by atoms with van der Waals surface area (Å²) in [4.78, 5) is 55.9. The summed E-state index contributed by atoms with van der Waals surface area (Å²) in [5.74, 6) is -1.45. The molecule has 9 heteroatoms. The number of rotatable bonds is 7. The van der Waals surface area contributed by atoms with Crippen molar-refractivity contribution >= 4 is 35.0 Å². The molecule has 3 amide bonds. The summed E-state index contributed by atoms with van der Waals surface area (Å²) in [6, 6.07) is 6.40. The lowest BCUT2D eigenvalue weighted by molar-refractivity contribution is -0.125. The van der Waals surface area contributed by atoms with E-state index in [1.54, 1.807) is 25.1 Å². The second-order valence-corrected chi connectivity index (χ2v) is 6.65. The number of amides is 3. The van der Waals surface area contributed by atoms with Crippen molar-refractivity contribution in [2.24, 2.45) is 5.92 Å². The van der Waals surface area contributed by atoms with Crippen molar-refractivity contribution in [3.05, 3.63) is 35.7 Å². The Morgan fingerprint density at radius 2 is 2.00 bits per heavy atom. The molecule has 0 saturated carbocycles. The number of hydrogen-bond acceptors (Lipinski definition) is 6. The van der Waals surface area contributed by atoms with Gasteiger partial charge in [0, 0.05) is 12.5 Å². The Morgan fingerprint density at radius 1 is 1.29 bits per heavy atom. The molecule has 1 aliphatic heterocycles. The number of carbonyl (C=O) groups excluding carboxylic acids is 4. The molecule has 3 N–H and O–H groups in total. The number of aldehydes is 1. The molecule has 0 unspecified atom stereocenters. The van der Waals surface area contributed by atoms with Crippen molar-refractivity contribution in [1.82, 2.24) is 25.9 Å². The van der Waals surface area contributed by atoms with Gasteiger partial charge in [0.05, 0.1) is 29.3 Å². The van der Waals surface area contributed by atoms with Gasteiger partial charge in [-0.1, -0.05) is 12.1 Å². The van der Waals surface area contributed by atoms with Gasteiger partial charge in [-0.2, -0.15) is 0 Å². The number of aryl methyl sites for hydroxylation is 1. The van der Waals surface area contributed by atoms with E-state index in [4.69, 9.17) is 0 Å². The maximum Gasteiger partial charge on any atom is 0.272 e. The summed E-state index contributed by atoms with van der Waals surface area (Å²) in [5, 5.41) is 7.71. The monoisotopic (exact) mass is 383 g/mol. The molecule has 2 atom stereocenters. The molecule has 1 aliphatic rings. The largest absolute Gasteiger partial charge is 0.356 e. The first-order chi connectivity index (χ1) is 13.5. The van der Waals surface area contributed by atoms with Crippen LogP contribution in [0.1, 0.15) is 29.0 Å². The third-order valence-electron chi connectivity index (χ3n) is 4.58. The molecule has 0 spiro atoms. The van der Waals surface area contributed by atoms with E-state index in [2.05, 4.69) is 25.9 Å². The molecule has 28 heavy (non-hydrogen) atoms. The van der Waals surface area contributed by atoms with Gasteiger partial charge in [0.2, 0.25) is 11.8 Å². The molecule has 0 bridgehead atoms. The first-order valence-electron chi connectivity index (χ1n) is 9.02. The van der Waals surface area contributed by atoms with E-state index < -0.39 is 17.9 Å². The Bertz CT molecular complexity index is 930. The molecule has 9 nitrogen and oxygen atoms in total. The van der Waals surface area contributed by atoms with Crippen LogP contribution in [0.4, 0.5) is 0 Å². The SMILES string of the molecule is Cc1nc2ccccc2nc1C(=O)NCC(=O)N[C@H](C=O)C[C@@H]1CCNC1=O. The van der Waals surface area contributed by atoms with Gasteiger partial charge in [-0.05, 0) is 31.9 Å². The fraction of sp³-hybridized carbons (Fsp3) is 0.368. The van der Waals surface area contributed by atoms with Gasteiger partial charge in [0.1, 0.15) is 12.0 Å². The second-order valence-electron chi connectivity index (χ2n) is 6.65. The summed E-state index contributed by atoms with van der Waals surface area (Å²) in [6.45, 7) is 1.93. The van der Waals surface area contributed by atoms with E-state index in [0.29, 0.717) is 36.0 Å². The Hall–Kier alpha value is -3.36. The normalized spacial score (nSPS) is 17.0. The van der Waals surface area contributed by atoms with E-state index in [9.17, 15) is 19.2 Å². The first kappa shape index (κ1) is 19.4. The van der Waals surface area contributed by atoms with Crippen LogP contribution in [-0.2, 0) is 14.4 Å². The van der Waals surface area contributed by atoms with Gasteiger partial charge in [0.15, 0.2) is 0 Å². The molecule has 2 aromatic rings. The van der Waals surface area contributed by atoms with Crippen molar-refractivity contribution in [3.8, 4) is 0 Å². The Balaban J connectivity index is 1.56. The molecule has 2 heterocycles. The van der Waals surface area contributed by atoms with Crippen LogP contribution in [0.25, 0.3) is 11.0 Å². The lowest BCUT2D eigenvalue weighted by atomic mass is 9.99. The first-order valence-corrected chi connectivity index (χ1v) is 9.02. The summed E-state index contributed by atoms with van der Waals surface area (Å²) in [7, 11) is 0. The minimum Gasteiger partial charge on any atom is -0.356 e. The average molecular weight is 383 g/mol. The van der Waals surface area contributed by atoms with Gasteiger partial charge >= 0.3 is 0 Å². The number of fused-ring (bicyclic) bond motifs is 1. The minimum absolute atomic E-state index is 0.111. The molecule has 0 aliphatic carbocycles. The highest BCUT2D eigenvalue weighted by atomic mass is 16.2. The van der Waals surface area contributed by atoms with Gasteiger partial charge in [-0.3, -0.25) is 14.4 Å². The maximum absolute atomic E-state index is 12.4. The van der Waals surface area contributed by atoms with Gasteiger partial charge in [0.25, 0.3) is 5.91 Å². The number of para-hydroxylation sites is 2. The summed E-state index contributed by atoms with van der Waals surface area (Å²) in [6.07, 6.45) is 1.48.